The van der Waals surface area contributed by atoms with Crippen LogP contribution in [0.3, 0.4) is 0 Å². The van der Waals surface area contributed by atoms with Crippen LogP contribution in [0.4, 0.5) is 5.13 Å². The second kappa shape index (κ2) is 6.76. The molecule has 0 bridgehead atoms. The average molecular weight is 340 g/mol. The summed E-state index contributed by atoms with van der Waals surface area (Å²) in [5.74, 6) is -0.278. The minimum atomic E-state index is -0.278. The second-order valence-corrected chi connectivity index (χ2v) is 6.16. The highest BCUT2D eigenvalue weighted by Gasteiger charge is 2.17. The summed E-state index contributed by atoms with van der Waals surface area (Å²) in [5.41, 5.74) is 4.28. The van der Waals surface area contributed by atoms with Gasteiger partial charge in [0.1, 0.15) is 0 Å². The molecule has 0 saturated carbocycles. The first-order chi connectivity index (χ1) is 11.6. The van der Waals surface area contributed by atoms with Crippen LogP contribution in [0.1, 0.15) is 21.6 Å². The normalized spacial score (nSPS) is 10.5. The molecule has 2 heterocycles. The third-order valence-electron chi connectivity index (χ3n) is 3.52. The summed E-state index contributed by atoms with van der Waals surface area (Å²) >= 11 is 1.17. The zero-order valence-corrected chi connectivity index (χ0v) is 14.3. The minimum absolute atomic E-state index is 0.278. The number of benzene rings is 1. The van der Waals surface area contributed by atoms with E-state index in [9.17, 15) is 4.79 Å². The number of rotatable bonds is 4. The largest absolute Gasteiger partial charge is 0.472 e. The van der Waals surface area contributed by atoms with Crippen LogP contribution in [0.15, 0.2) is 36.5 Å². The fraction of sp³-hybridized carbons (Fsp3) is 0.176. The molecular formula is C17H16N4O2S. The molecule has 24 heavy (non-hydrogen) atoms. The number of pyridine rings is 1. The molecule has 1 amide bonds. The van der Waals surface area contributed by atoms with Crippen LogP contribution in [-0.4, -0.2) is 28.2 Å². The lowest BCUT2D eigenvalue weighted by atomic mass is 9.96. The quantitative estimate of drug-likeness (QED) is 0.787. The maximum Gasteiger partial charge on any atom is 0.295 e. The van der Waals surface area contributed by atoms with Gasteiger partial charge in [0.15, 0.2) is 0 Å². The van der Waals surface area contributed by atoms with Crippen molar-refractivity contribution in [2.75, 3.05) is 12.4 Å². The first-order valence-electron chi connectivity index (χ1n) is 7.30. The van der Waals surface area contributed by atoms with Crippen LogP contribution in [0.5, 0.6) is 5.19 Å². The molecule has 0 aliphatic carbocycles. The molecule has 1 N–H and O–H groups in total. The van der Waals surface area contributed by atoms with E-state index in [-0.39, 0.29) is 5.91 Å². The van der Waals surface area contributed by atoms with Crippen molar-refractivity contribution in [1.29, 1.82) is 0 Å². The van der Waals surface area contributed by atoms with E-state index in [1.165, 1.54) is 18.4 Å². The van der Waals surface area contributed by atoms with Crippen molar-refractivity contribution >= 4 is 22.4 Å². The number of nitrogens with zero attached hydrogens (tertiary/aromatic N) is 3. The molecule has 0 spiro atoms. The molecular weight excluding hydrogens is 324 g/mol. The Labute approximate surface area is 143 Å². The van der Waals surface area contributed by atoms with E-state index in [0.717, 1.165) is 22.4 Å². The predicted molar refractivity (Wildman–Crippen MR) is 93.6 cm³/mol. The van der Waals surface area contributed by atoms with Gasteiger partial charge >= 0.3 is 0 Å². The Hall–Kier alpha value is -2.80. The fourth-order valence-corrected chi connectivity index (χ4v) is 2.90. The highest BCUT2D eigenvalue weighted by Crippen LogP contribution is 2.28. The van der Waals surface area contributed by atoms with Gasteiger partial charge in [0, 0.05) is 11.9 Å². The first-order valence-corrected chi connectivity index (χ1v) is 8.11. The number of carbonyl (C=O) groups is 1. The van der Waals surface area contributed by atoms with Crippen LogP contribution in [0, 0.1) is 13.8 Å². The van der Waals surface area contributed by atoms with Gasteiger partial charge in [0.2, 0.25) is 5.13 Å². The zero-order valence-electron chi connectivity index (χ0n) is 13.5. The number of aryl methyl sites for hydroxylation is 2. The van der Waals surface area contributed by atoms with E-state index in [0.29, 0.717) is 15.9 Å². The fourth-order valence-electron chi connectivity index (χ4n) is 2.35. The summed E-state index contributed by atoms with van der Waals surface area (Å²) in [4.78, 5) is 16.9. The summed E-state index contributed by atoms with van der Waals surface area (Å²) in [6.45, 7) is 3.92. The number of nitrogens with one attached hydrogen (secondary N) is 1. The number of carbonyl (C=O) groups excluding carboxylic acids is 1. The van der Waals surface area contributed by atoms with Crippen molar-refractivity contribution < 1.29 is 9.53 Å². The van der Waals surface area contributed by atoms with Crippen molar-refractivity contribution in [2.24, 2.45) is 0 Å². The highest BCUT2D eigenvalue weighted by molar-refractivity contribution is 7.17. The first kappa shape index (κ1) is 16.1. The van der Waals surface area contributed by atoms with Crippen LogP contribution in [-0.2, 0) is 0 Å². The number of methoxy groups -OCH3 is 1. The van der Waals surface area contributed by atoms with Crippen molar-refractivity contribution in [2.45, 2.75) is 13.8 Å². The molecule has 2 aromatic heterocycles. The third-order valence-corrected chi connectivity index (χ3v) is 4.32. The van der Waals surface area contributed by atoms with Crippen LogP contribution < -0.4 is 10.1 Å². The maximum absolute atomic E-state index is 12.7. The number of ether oxygens (including phenoxy) is 1. The topological polar surface area (TPSA) is 77.0 Å². The molecule has 7 heteroatoms. The van der Waals surface area contributed by atoms with E-state index in [4.69, 9.17) is 4.74 Å². The number of aromatic nitrogens is 3. The number of amides is 1. The SMILES string of the molecule is COc1nnc(NC(=O)c2cnc(C)cc2-c2ccccc2C)s1. The lowest BCUT2D eigenvalue weighted by Crippen LogP contribution is -2.14. The van der Waals surface area contributed by atoms with E-state index < -0.39 is 0 Å². The summed E-state index contributed by atoms with van der Waals surface area (Å²) in [6, 6.07) is 9.85. The molecule has 0 unspecified atom stereocenters. The zero-order chi connectivity index (χ0) is 17.1. The van der Waals surface area contributed by atoms with Crippen LogP contribution in [0.25, 0.3) is 11.1 Å². The van der Waals surface area contributed by atoms with Crippen LogP contribution in [0.2, 0.25) is 0 Å². The van der Waals surface area contributed by atoms with Gasteiger partial charge in [0.25, 0.3) is 11.1 Å². The Kier molecular flexibility index (Phi) is 4.52. The third kappa shape index (κ3) is 3.26. The van der Waals surface area contributed by atoms with E-state index in [1.54, 1.807) is 6.20 Å². The molecule has 122 valence electrons. The van der Waals surface area contributed by atoms with Gasteiger partial charge < -0.3 is 4.74 Å². The van der Waals surface area contributed by atoms with E-state index in [1.807, 2.05) is 44.2 Å². The van der Waals surface area contributed by atoms with Gasteiger partial charge in [-0.05, 0) is 47.9 Å². The van der Waals surface area contributed by atoms with E-state index in [2.05, 4.69) is 20.5 Å². The van der Waals surface area contributed by atoms with Crippen molar-refractivity contribution in [3.63, 3.8) is 0 Å². The van der Waals surface area contributed by atoms with Gasteiger partial charge in [-0.3, -0.25) is 15.1 Å². The molecule has 0 atom stereocenters. The molecule has 6 nitrogen and oxygen atoms in total. The number of hydrogen-bond acceptors (Lipinski definition) is 6. The summed E-state index contributed by atoms with van der Waals surface area (Å²) in [5, 5.41) is 11.2. The van der Waals surface area contributed by atoms with Crippen molar-refractivity contribution in [1.82, 2.24) is 15.2 Å². The van der Waals surface area contributed by atoms with E-state index >= 15 is 0 Å². The Morgan fingerprint density at radius 1 is 1.17 bits per heavy atom. The molecule has 1 aromatic carbocycles. The second-order valence-electron chi connectivity index (χ2n) is 5.22. The summed E-state index contributed by atoms with van der Waals surface area (Å²) in [6.07, 6.45) is 1.59. The molecule has 0 aliphatic heterocycles. The Morgan fingerprint density at radius 3 is 2.67 bits per heavy atom. The predicted octanol–water partition coefficient (Wildman–Crippen LogP) is 3.48. The minimum Gasteiger partial charge on any atom is -0.472 e. The monoisotopic (exact) mass is 340 g/mol. The molecule has 0 aliphatic rings. The Balaban J connectivity index is 1.98. The molecule has 0 radical (unpaired) electrons. The Morgan fingerprint density at radius 2 is 1.96 bits per heavy atom. The Bertz CT molecular complexity index is 892. The molecule has 3 rings (SSSR count). The lowest BCUT2D eigenvalue weighted by Gasteiger charge is -2.12. The maximum atomic E-state index is 12.7. The van der Waals surface area contributed by atoms with Gasteiger partial charge in [0.05, 0.1) is 12.7 Å². The summed E-state index contributed by atoms with van der Waals surface area (Å²) < 4.78 is 4.99. The smallest absolute Gasteiger partial charge is 0.295 e. The summed E-state index contributed by atoms with van der Waals surface area (Å²) in [7, 11) is 1.51. The molecule has 0 fully saturated rings. The van der Waals surface area contributed by atoms with Gasteiger partial charge in [-0.1, -0.05) is 29.4 Å². The van der Waals surface area contributed by atoms with Gasteiger partial charge in [-0.15, -0.1) is 5.10 Å². The number of anilines is 1. The van der Waals surface area contributed by atoms with Crippen molar-refractivity contribution in [3.05, 3.63) is 53.3 Å². The van der Waals surface area contributed by atoms with Crippen molar-refractivity contribution in [3.8, 4) is 16.3 Å². The number of hydrogen-bond donors (Lipinski definition) is 1. The van der Waals surface area contributed by atoms with Gasteiger partial charge in [-0.2, -0.15) is 0 Å². The van der Waals surface area contributed by atoms with Gasteiger partial charge in [-0.25, -0.2) is 0 Å². The van der Waals surface area contributed by atoms with Crippen LogP contribution >= 0.6 is 11.3 Å². The molecule has 0 saturated heterocycles. The highest BCUT2D eigenvalue weighted by atomic mass is 32.1. The average Bonchev–Trinajstić information content (AvgIpc) is 3.02. The lowest BCUT2D eigenvalue weighted by molar-refractivity contribution is 0.102. The molecule has 3 aromatic rings. The standard InChI is InChI=1S/C17H16N4O2S/c1-10-6-4-5-7-12(10)13-8-11(2)18-9-14(13)15(22)19-16-20-21-17(23-3)24-16/h4-9H,1-3H3,(H,19,20,22).